The molecule has 1 saturated heterocycles. The van der Waals surface area contributed by atoms with E-state index >= 15 is 0 Å². The van der Waals surface area contributed by atoms with Gasteiger partial charge in [-0.15, -0.1) is 0 Å². The molecule has 1 heterocycles. The molecule has 0 aromatic heterocycles. The van der Waals surface area contributed by atoms with Crippen molar-refractivity contribution in [3.63, 3.8) is 0 Å². The molecule has 14 heavy (non-hydrogen) atoms. The van der Waals surface area contributed by atoms with Crippen LogP contribution in [0.4, 0.5) is 4.39 Å². The van der Waals surface area contributed by atoms with E-state index in [-0.39, 0.29) is 5.82 Å². The second-order valence-corrected chi connectivity index (χ2v) is 3.78. The third kappa shape index (κ3) is 2.53. The van der Waals surface area contributed by atoms with Crippen LogP contribution >= 0.6 is 0 Å². The van der Waals surface area contributed by atoms with Gasteiger partial charge in [0.15, 0.2) is 0 Å². The highest BCUT2D eigenvalue weighted by Gasteiger charge is 2.15. The molecule has 1 aromatic rings. The average molecular weight is 194 g/mol. The van der Waals surface area contributed by atoms with Gasteiger partial charge in [-0.25, -0.2) is 4.39 Å². The Morgan fingerprint density at radius 1 is 1.29 bits per heavy atom. The lowest BCUT2D eigenvalue weighted by Gasteiger charge is -2.27. The van der Waals surface area contributed by atoms with E-state index in [0.29, 0.717) is 0 Å². The Balaban J connectivity index is 1.71. The fourth-order valence-corrected chi connectivity index (χ4v) is 1.52. The molecule has 2 N–H and O–H groups in total. The van der Waals surface area contributed by atoms with Crippen LogP contribution in [-0.4, -0.2) is 19.6 Å². The van der Waals surface area contributed by atoms with Crippen molar-refractivity contribution in [3.8, 4) is 0 Å². The number of hydrogen-bond donors (Lipinski definition) is 2. The molecule has 2 nitrogen and oxygen atoms in total. The summed E-state index contributed by atoms with van der Waals surface area (Å²) >= 11 is 0. The van der Waals surface area contributed by atoms with Gasteiger partial charge in [0.25, 0.3) is 0 Å². The van der Waals surface area contributed by atoms with Gasteiger partial charge < -0.3 is 10.6 Å². The van der Waals surface area contributed by atoms with Crippen LogP contribution in [0.2, 0.25) is 0 Å². The lowest BCUT2D eigenvalue weighted by Crippen LogP contribution is -2.47. The Labute approximate surface area is 83.5 Å². The predicted octanol–water partition coefficient (Wildman–Crippen LogP) is 1.13. The van der Waals surface area contributed by atoms with Crippen molar-refractivity contribution in [2.24, 2.45) is 5.92 Å². The molecule has 0 radical (unpaired) electrons. The van der Waals surface area contributed by atoms with Gasteiger partial charge in [-0.1, -0.05) is 12.1 Å². The van der Waals surface area contributed by atoms with Gasteiger partial charge in [-0.3, -0.25) is 0 Å². The number of rotatable bonds is 4. The summed E-state index contributed by atoms with van der Waals surface area (Å²) in [5.74, 6) is 0.604. The number of benzene rings is 1. The van der Waals surface area contributed by atoms with Crippen molar-refractivity contribution in [1.29, 1.82) is 0 Å². The maximum Gasteiger partial charge on any atom is 0.123 e. The maximum atomic E-state index is 12.6. The zero-order chi connectivity index (χ0) is 9.80. The van der Waals surface area contributed by atoms with Gasteiger partial charge in [-0.2, -0.15) is 0 Å². The highest BCUT2D eigenvalue weighted by molar-refractivity contribution is 5.15. The fourth-order valence-electron chi connectivity index (χ4n) is 1.52. The van der Waals surface area contributed by atoms with E-state index < -0.39 is 0 Å². The van der Waals surface area contributed by atoms with Gasteiger partial charge in [-0.05, 0) is 23.6 Å². The van der Waals surface area contributed by atoms with Crippen LogP contribution in [0.1, 0.15) is 5.56 Å². The average Bonchev–Trinajstić information content (AvgIpc) is 2.12. The number of nitrogens with one attached hydrogen (secondary N) is 2. The second kappa shape index (κ2) is 4.53. The minimum Gasteiger partial charge on any atom is -0.316 e. The summed E-state index contributed by atoms with van der Waals surface area (Å²) in [6.07, 6.45) is 0. The molecule has 0 bridgehead atoms. The van der Waals surface area contributed by atoms with Crippen LogP contribution in [0.25, 0.3) is 0 Å². The summed E-state index contributed by atoms with van der Waals surface area (Å²) < 4.78 is 12.6. The highest BCUT2D eigenvalue weighted by Crippen LogP contribution is 2.04. The van der Waals surface area contributed by atoms with Crippen molar-refractivity contribution in [1.82, 2.24) is 10.6 Å². The van der Waals surface area contributed by atoms with Gasteiger partial charge >= 0.3 is 0 Å². The third-order valence-corrected chi connectivity index (χ3v) is 2.54. The van der Waals surface area contributed by atoms with Gasteiger partial charge in [0, 0.05) is 26.2 Å². The van der Waals surface area contributed by atoms with Crippen LogP contribution in [0.15, 0.2) is 24.3 Å². The first-order valence-electron chi connectivity index (χ1n) is 5.00. The molecule has 0 amide bonds. The Kier molecular flexibility index (Phi) is 3.11. The molecule has 2 rings (SSSR count). The number of halogens is 1. The third-order valence-electron chi connectivity index (χ3n) is 2.54. The molecule has 0 unspecified atom stereocenters. The van der Waals surface area contributed by atoms with E-state index in [0.717, 1.165) is 37.7 Å². The second-order valence-electron chi connectivity index (χ2n) is 3.78. The molecule has 1 aliphatic rings. The Morgan fingerprint density at radius 2 is 2.00 bits per heavy atom. The molecule has 0 saturated carbocycles. The summed E-state index contributed by atoms with van der Waals surface area (Å²) in [7, 11) is 0. The summed E-state index contributed by atoms with van der Waals surface area (Å²) in [5.41, 5.74) is 1.14. The summed E-state index contributed by atoms with van der Waals surface area (Å²) in [6.45, 7) is 4.12. The molecular weight excluding hydrogens is 179 g/mol. The largest absolute Gasteiger partial charge is 0.316 e. The van der Waals surface area contributed by atoms with E-state index in [2.05, 4.69) is 10.6 Å². The number of hydrogen-bond acceptors (Lipinski definition) is 2. The fraction of sp³-hybridized carbons (Fsp3) is 0.455. The zero-order valence-electron chi connectivity index (χ0n) is 8.09. The van der Waals surface area contributed by atoms with Crippen molar-refractivity contribution in [2.45, 2.75) is 6.54 Å². The molecule has 0 atom stereocenters. The van der Waals surface area contributed by atoms with Crippen LogP contribution < -0.4 is 10.6 Å². The quantitative estimate of drug-likeness (QED) is 0.751. The van der Waals surface area contributed by atoms with Crippen molar-refractivity contribution in [3.05, 3.63) is 35.6 Å². The van der Waals surface area contributed by atoms with Crippen molar-refractivity contribution < 1.29 is 4.39 Å². The zero-order valence-corrected chi connectivity index (χ0v) is 8.09. The normalized spacial score (nSPS) is 16.6. The van der Waals surface area contributed by atoms with E-state index in [1.807, 2.05) is 12.1 Å². The summed E-state index contributed by atoms with van der Waals surface area (Å²) in [6, 6.07) is 6.65. The molecule has 1 aliphatic heterocycles. The van der Waals surface area contributed by atoms with Crippen molar-refractivity contribution in [2.75, 3.05) is 19.6 Å². The standard InChI is InChI=1S/C11H15FN2/c12-11-3-1-9(2-4-11)5-13-6-10-7-14-8-10/h1-4,10,13-14H,5-8H2. The lowest BCUT2D eigenvalue weighted by molar-refractivity contribution is 0.331. The minimum absolute atomic E-state index is 0.169. The van der Waals surface area contributed by atoms with E-state index in [1.165, 1.54) is 12.1 Å². The monoisotopic (exact) mass is 194 g/mol. The van der Waals surface area contributed by atoms with Gasteiger partial charge in [0.1, 0.15) is 5.82 Å². The first kappa shape index (κ1) is 9.62. The highest BCUT2D eigenvalue weighted by atomic mass is 19.1. The Hall–Kier alpha value is -0.930. The van der Waals surface area contributed by atoms with E-state index in [1.54, 1.807) is 0 Å². The Morgan fingerprint density at radius 3 is 2.57 bits per heavy atom. The van der Waals surface area contributed by atoms with Crippen molar-refractivity contribution >= 4 is 0 Å². The molecule has 0 spiro atoms. The first-order chi connectivity index (χ1) is 6.84. The summed E-state index contributed by atoms with van der Waals surface area (Å²) in [5, 5.41) is 6.59. The molecule has 76 valence electrons. The lowest BCUT2D eigenvalue weighted by atomic mass is 10.0. The van der Waals surface area contributed by atoms with E-state index in [9.17, 15) is 4.39 Å². The van der Waals surface area contributed by atoms with Crippen LogP contribution in [-0.2, 0) is 6.54 Å². The molecular formula is C11H15FN2. The minimum atomic E-state index is -0.169. The molecule has 1 fully saturated rings. The SMILES string of the molecule is Fc1ccc(CNCC2CNC2)cc1. The predicted molar refractivity (Wildman–Crippen MR) is 54.5 cm³/mol. The van der Waals surface area contributed by atoms with Gasteiger partial charge in [0.2, 0.25) is 0 Å². The molecule has 3 heteroatoms. The molecule has 1 aromatic carbocycles. The van der Waals surface area contributed by atoms with Gasteiger partial charge in [0.05, 0.1) is 0 Å². The maximum absolute atomic E-state index is 12.6. The van der Waals surface area contributed by atoms with Crippen LogP contribution in [0, 0.1) is 11.7 Å². The van der Waals surface area contributed by atoms with Crippen LogP contribution in [0.5, 0.6) is 0 Å². The summed E-state index contributed by atoms with van der Waals surface area (Å²) in [4.78, 5) is 0. The molecule has 0 aliphatic carbocycles. The topological polar surface area (TPSA) is 24.1 Å². The van der Waals surface area contributed by atoms with Crippen LogP contribution in [0.3, 0.4) is 0 Å². The van der Waals surface area contributed by atoms with E-state index in [4.69, 9.17) is 0 Å². The Bertz CT molecular complexity index is 280. The first-order valence-corrected chi connectivity index (χ1v) is 5.00. The smallest absolute Gasteiger partial charge is 0.123 e.